The average Bonchev–Trinajstić information content (AvgIpc) is 2.65. The predicted octanol–water partition coefficient (Wildman–Crippen LogP) is 2.74. The highest BCUT2D eigenvalue weighted by molar-refractivity contribution is 7.90. The second-order valence-electron chi connectivity index (χ2n) is 6.79. The zero-order valence-electron chi connectivity index (χ0n) is 16.2. The predicted molar refractivity (Wildman–Crippen MR) is 102 cm³/mol. The van der Waals surface area contributed by atoms with E-state index in [9.17, 15) is 13.2 Å². The Bertz CT molecular complexity index is 703. The maximum absolute atomic E-state index is 12.2. The molecule has 8 heteroatoms. The summed E-state index contributed by atoms with van der Waals surface area (Å²) in [5.74, 6) is 0.594. The molecule has 152 valence electrons. The van der Waals surface area contributed by atoms with E-state index in [1.54, 1.807) is 24.1 Å². The molecule has 27 heavy (non-hydrogen) atoms. The summed E-state index contributed by atoms with van der Waals surface area (Å²) in [6.45, 7) is 3.96. The molecule has 1 aromatic carbocycles. The van der Waals surface area contributed by atoms with Crippen LogP contribution in [-0.2, 0) is 19.3 Å². The first-order chi connectivity index (χ1) is 12.8. The Labute approximate surface area is 161 Å². The molecule has 1 saturated heterocycles. The fourth-order valence-corrected chi connectivity index (χ4v) is 3.66. The van der Waals surface area contributed by atoms with Crippen molar-refractivity contribution in [2.75, 3.05) is 39.7 Å². The standard InChI is InChI=1S/C19H29NO6S/c1-4-5-12-25-19(21)20-11-10-18(24-2)15(13-20)14-26-16-6-8-17(9-7-16)27(3,22)23/h6-9,15,18H,4-5,10-14H2,1-3H3. The molecule has 0 N–H and O–H groups in total. The van der Waals surface area contributed by atoms with E-state index in [1.165, 1.54) is 18.4 Å². The van der Waals surface area contributed by atoms with Gasteiger partial charge in [-0.25, -0.2) is 13.2 Å². The molecule has 1 amide bonds. The highest BCUT2D eigenvalue weighted by atomic mass is 32.2. The molecule has 0 aliphatic carbocycles. The van der Waals surface area contributed by atoms with E-state index in [-0.39, 0.29) is 23.0 Å². The summed E-state index contributed by atoms with van der Waals surface area (Å²) in [4.78, 5) is 14.1. The lowest BCUT2D eigenvalue weighted by molar-refractivity contribution is -0.0221. The summed E-state index contributed by atoms with van der Waals surface area (Å²) in [6.07, 6.45) is 3.44. The molecule has 1 aliphatic heterocycles. The maximum Gasteiger partial charge on any atom is 0.409 e. The number of rotatable bonds is 8. The molecule has 0 spiro atoms. The Morgan fingerprint density at radius 3 is 2.56 bits per heavy atom. The third-order valence-electron chi connectivity index (χ3n) is 4.66. The monoisotopic (exact) mass is 399 g/mol. The van der Waals surface area contributed by atoms with Gasteiger partial charge in [-0.3, -0.25) is 0 Å². The summed E-state index contributed by atoms with van der Waals surface area (Å²) in [5.41, 5.74) is 0. The lowest BCUT2D eigenvalue weighted by Gasteiger charge is -2.37. The Kier molecular flexibility index (Phi) is 7.91. The van der Waals surface area contributed by atoms with E-state index < -0.39 is 9.84 Å². The van der Waals surface area contributed by atoms with E-state index in [0.717, 1.165) is 19.3 Å². The van der Waals surface area contributed by atoms with Crippen LogP contribution >= 0.6 is 0 Å². The summed E-state index contributed by atoms with van der Waals surface area (Å²) in [6, 6.07) is 6.32. The SMILES string of the molecule is CCCCOC(=O)N1CCC(OC)C(COc2ccc(S(C)(=O)=O)cc2)C1. The molecule has 0 radical (unpaired) electrons. The molecule has 1 heterocycles. The summed E-state index contributed by atoms with van der Waals surface area (Å²) in [5, 5.41) is 0. The van der Waals surface area contributed by atoms with Crippen molar-refractivity contribution in [1.29, 1.82) is 0 Å². The number of likely N-dealkylation sites (tertiary alicyclic amines) is 1. The zero-order valence-corrected chi connectivity index (χ0v) is 17.0. The van der Waals surface area contributed by atoms with Crippen LogP contribution in [0.25, 0.3) is 0 Å². The van der Waals surface area contributed by atoms with Crippen molar-refractivity contribution in [3.05, 3.63) is 24.3 Å². The van der Waals surface area contributed by atoms with Gasteiger partial charge in [-0.05, 0) is 37.1 Å². The number of hydrogen-bond acceptors (Lipinski definition) is 6. The van der Waals surface area contributed by atoms with Gasteiger partial charge in [0.15, 0.2) is 9.84 Å². The van der Waals surface area contributed by atoms with Crippen molar-refractivity contribution in [2.24, 2.45) is 5.92 Å². The van der Waals surface area contributed by atoms with E-state index in [0.29, 0.717) is 32.1 Å². The highest BCUT2D eigenvalue weighted by Gasteiger charge is 2.32. The summed E-state index contributed by atoms with van der Waals surface area (Å²) < 4.78 is 39.7. The van der Waals surface area contributed by atoms with Gasteiger partial charge in [0, 0.05) is 32.4 Å². The number of piperidine rings is 1. The lowest BCUT2D eigenvalue weighted by atomic mass is 9.95. The highest BCUT2D eigenvalue weighted by Crippen LogP contribution is 2.23. The number of benzene rings is 1. The largest absolute Gasteiger partial charge is 0.493 e. The number of carbonyl (C=O) groups is 1. The summed E-state index contributed by atoms with van der Waals surface area (Å²) in [7, 11) is -1.57. The van der Waals surface area contributed by atoms with Crippen molar-refractivity contribution in [1.82, 2.24) is 4.90 Å². The normalized spacial score (nSPS) is 20.3. The van der Waals surface area contributed by atoms with Gasteiger partial charge in [0.1, 0.15) is 5.75 Å². The van der Waals surface area contributed by atoms with Crippen LogP contribution in [0.15, 0.2) is 29.2 Å². The number of carbonyl (C=O) groups excluding carboxylic acids is 1. The van der Waals surface area contributed by atoms with Gasteiger partial charge in [0.05, 0.1) is 24.2 Å². The molecule has 0 bridgehead atoms. The quantitative estimate of drug-likeness (QED) is 0.625. The fourth-order valence-electron chi connectivity index (χ4n) is 3.03. The van der Waals surface area contributed by atoms with Gasteiger partial charge >= 0.3 is 6.09 Å². The smallest absolute Gasteiger partial charge is 0.409 e. The number of hydrogen-bond donors (Lipinski definition) is 0. The topological polar surface area (TPSA) is 82.1 Å². The van der Waals surface area contributed by atoms with Crippen LogP contribution in [0.4, 0.5) is 4.79 Å². The molecule has 2 unspecified atom stereocenters. The molecule has 0 saturated carbocycles. The van der Waals surface area contributed by atoms with Gasteiger partial charge in [-0.2, -0.15) is 0 Å². The van der Waals surface area contributed by atoms with Crippen molar-refractivity contribution < 1.29 is 27.4 Å². The minimum absolute atomic E-state index is 0.0000143. The van der Waals surface area contributed by atoms with E-state index in [1.807, 2.05) is 6.92 Å². The maximum atomic E-state index is 12.2. The third kappa shape index (κ3) is 6.39. The minimum atomic E-state index is -3.23. The summed E-state index contributed by atoms with van der Waals surface area (Å²) >= 11 is 0. The van der Waals surface area contributed by atoms with Crippen molar-refractivity contribution >= 4 is 15.9 Å². The van der Waals surface area contributed by atoms with E-state index in [4.69, 9.17) is 14.2 Å². The van der Waals surface area contributed by atoms with Crippen molar-refractivity contribution in [2.45, 2.75) is 37.2 Å². The van der Waals surface area contributed by atoms with Gasteiger partial charge in [0.25, 0.3) is 0 Å². The number of nitrogens with zero attached hydrogens (tertiary/aromatic N) is 1. The van der Waals surface area contributed by atoms with Crippen LogP contribution in [0.1, 0.15) is 26.2 Å². The Hall–Kier alpha value is -1.80. The lowest BCUT2D eigenvalue weighted by Crippen LogP contribution is -2.48. The van der Waals surface area contributed by atoms with Crippen LogP contribution in [0.5, 0.6) is 5.75 Å². The van der Waals surface area contributed by atoms with Gasteiger partial charge in [-0.15, -0.1) is 0 Å². The first-order valence-corrected chi connectivity index (χ1v) is 11.1. The second kappa shape index (κ2) is 9.94. The Morgan fingerprint density at radius 1 is 1.26 bits per heavy atom. The Balaban J connectivity index is 1.92. The van der Waals surface area contributed by atoms with Gasteiger partial charge < -0.3 is 19.1 Å². The molecule has 1 fully saturated rings. The molecule has 1 aliphatic rings. The fraction of sp³-hybridized carbons (Fsp3) is 0.632. The first kappa shape index (κ1) is 21.5. The average molecular weight is 400 g/mol. The van der Waals surface area contributed by atoms with Crippen LogP contribution in [0, 0.1) is 5.92 Å². The minimum Gasteiger partial charge on any atom is -0.493 e. The molecular weight excluding hydrogens is 370 g/mol. The molecule has 1 aromatic rings. The Morgan fingerprint density at radius 2 is 1.96 bits per heavy atom. The van der Waals surface area contributed by atoms with Crippen LogP contribution in [0.2, 0.25) is 0 Å². The van der Waals surface area contributed by atoms with Crippen molar-refractivity contribution in [3.8, 4) is 5.75 Å². The van der Waals surface area contributed by atoms with E-state index >= 15 is 0 Å². The third-order valence-corrected chi connectivity index (χ3v) is 5.79. The van der Waals surface area contributed by atoms with E-state index in [2.05, 4.69) is 0 Å². The molecular formula is C19H29NO6S. The van der Waals surface area contributed by atoms with Gasteiger partial charge in [-0.1, -0.05) is 13.3 Å². The first-order valence-electron chi connectivity index (χ1n) is 9.22. The number of amides is 1. The zero-order chi connectivity index (χ0) is 19.9. The molecule has 2 rings (SSSR count). The number of methoxy groups -OCH3 is 1. The van der Waals surface area contributed by atoms with Crippen LogP contribution in [0.3, 0.4) is 0 Å². The number of unbranched alkanes of at least 4 members (excludes halogenated alkanes) is 1. The molecule has 0 aromatic heterocycles. The molecule has 7 nitrogen and oxygen atoms in total. The van der Waals surface area contributed by atoms with Gasteiger partial charge in [0.2, 0.25) is 0 Å². The molecule has 2 atom stereocenters. The van der Waals surface area contributed by atoms with Crippen molar-refractivity contribution in [3.63, 3.8) is 0 Å². The number of sulfone groups is 1. The number of ether oxygens (including phenoxy) is 3. The van der Waals surface area contributed by atoms with Crippen LogP contribution < -0.4 is 4.74 Å². The van der Waals surface area contributed by atoms with Crippen LogP contribution in [-0.4, -0.2) is 65.2 Å². The second-order valence-corrected chi connectivity index (χ2v) is 8.81.